The topological polar surface area (TPSA) is 119 Å². The van der Waals surface area contributed by atoms with Crippen LogP contribution in [0.4, 0.5) is 14.5 Å². The summed E-state index contributed by atoms with van der Waals surface area (Å²) in [5.41, 5.74) is -0.424. The standard InChI is InChI=1S/C30H32F2IN4O7P/c1-35(2)27(39)22(15-42-3)36-11-5-6-21(28(36)40)37-14-19(24-20(31)12-18(43-4)13-23(24)45)25(29(37)41)34-26(38)16-7-9-17(10-8-16)44-30(32)33/h5-13,19,22,25,30H,14-15,45H2,1-4H3,(H,34,38)/t19-,22?,25-,30?/m0/s1. The van der Waals surface area contributed by atoms with Gasteiger partial charge in [-0.2, -0.15) is 4.39 Å². The number of pyridine rings is 1. The maximum Gasteiger partial charge on any atom is 0.288 e. The minimum atomic E-state index is -1.58. The summed E-state index contributed by atoms with van der Waals surface area (Å²) in [5.74, 6) is -2.84. The Labute approximate surface area is 274 Å². The van der Waals surface area contributed by atoms with Gasteiger partial charge in [0.1, 0.15) is 35.1 Å². The SMILES string of the molecule is COCC(C(=O)N(C)C)n1cccc(N2C[C@@H](c3c(F)cc(OC)cc3P)[C@H](NC(=O)c3ccc(OC(F)I)cc3)C2=O)c1=O. The lowest BCUT2D eigenvalue weighted by Gasteiger charge is -2.24. The molecule has 0 saturated carbocycles. The zero-order valence-corrected chi connectivity index (χ0v) is 28.1. The first kappa shape index (κ1) is 34.3. The number of nitrogens with zero attached hydrogens (tertiary/aromatic N) is 3. The van der Waals surface area contributed by atoms with Gasteiger partial charge in [-0.3, -0.25) is 23.7 Å². The van der Waals surface area contributed by atoms with Crippen LogP contribution in [-0.4, -0.2) is 79.1 Å². The number of carbonyl (C=O) groups is 3. The quantitative estimate of drug-likeness (QED) is 0.182. The molecule has 0 aliphatic carbocycles. The molecule has 5 atom stereocenters. The fourth-order valence-corrected chi connectivity index (χ4v) is 5.99. The zero-order chi connectivity index (χ0) is 33.0. The van der Waals surface area contributed by atoms with Crippen LogP contribution >= 0.6 is 31.8 Å². The lowest BCUT2D eigenvalue weighted by atomic mass is 9.93. The average Bonchev–Trinajstić information content (AvgIpc) is 3.30. The van der Waals surface area contributed by atoms with E-state index in [1.54, 1.807) is 20.2 Å². The van der Waals surface area contributed by atoms with E-state index in [1.165, 1.54) is 99.8 Å². The molecule has 4 rings (SSSR count). The van der Waals surface area contributed by atoms with Crippen LogP contribution in [0.25, 0.3) is 0 Å². The van der Waals surface area contributed by atoms with Gasteiger partial charge in [0.2, 0.25) is 11.8 Å². The Bertz CT molecular complexity index is 1610. The van der Waals surface area contributed by atoms with Crippen LogP contribution in [0.2, 0.25) is 0 Å². The molecule has 1 aliphatic rings. The maximum atomic E-state index is 15.6. The molecular weight excluding hydrogens is 724 g/mol. The van der Waals surface area contributed by atoms with Crippen molar-refractivity contribution in [2.24, 2.45) is 0 Å². The highest BCUT2D eigenvalue weighted by molar-refractivity contribution is 14.1. The zero-order valence-electron chi connectivity index (χ0n) is 24.8. The van der Waals surface area contributed by atoms with Crippen LogP contribution in [0.1, 0.15) is 27.9 Å². The van der Waals surface area contributed by atoms with Crippen molar-refractivity contribution in [3.8, 4) is 11.5 Å². The molecule has 3 unspecified atom stereocenters. The minimum absolute atomic E-state index is 0.0581. The molecule has 3 aromatic rings. The number of alkyl halides is 2. The molecule has 45 heavy (non-hydrogen) atoms. The molecule has 15 heteroatoms. The lowest BCUT2D eigenvalue weighted by molar-refractivity contribution is -0.133. The Balaban J connectivity index is 1.76. The number of benzene rings is 2. The summed E-state index contributed by atoms with van der Waals surface area (Å²) < 4.78 is 43.8. The number of methoxy groups -OCH3 is 2. The molecule has 1 N–H and O–H groups in total. The molecule has 2 aromatic carbocycles. The van der Waals surface area contributed by atoms with Gasteiger partial charge >= 0.3 is 0 Å². The van der Waals surface area contributed by atoms with Gasteiger partial charge in [0.25, 0.3) is 15.8 Å². The molecule has 0 spiro atoms. The van der Waals surface area contributed by atoms with Gasteiger partial charge in [0.15, 0.2) is 0 Å². The van der Waals surface area contributed by atoms with E-state index < -0.39 is 51.5 Å². The van der Waals surface area contributed by atoms with E-state index in [9.17, 15) is 23.6 Å². The van der Waals surface area contributed by atoms with Gasteiger partial charge < -0.3 is 29.3 Å². The van der Waals surface area contributed by atoms with Crippen molar-refractivity contribution in [3.63, 3.8) is 0 Å². The van der Waals surface area contributed by atoms with Crippen LogP contribution in [0.3, 0.4) is 0 Å². The lowest BCUT2D eigenvalue weighted by Crippen LogP contribution is -2.45. The number of hydrogen-bond acceptors (Lipinski definition) is 7. The number of rotatable bonds is 11. The van der Waals surface area contributed by atoms with Crippen molar-refractivity contribution in [2.75, 3.05) is 46.4 Å². The van der Waals surface area contributed by atoms with E-state index in [2.05, 4.69) is 14.6 Å². The molecular formula is C30H32F2IN4O7P. The third-order valence-corrected chi connectivity index (χ3v) is 8.05. The molecule has 3 amide bonds. The molecule has 0 radical (unpaired) electrons. The first-order chi connectivity index (χ1) is 21.4. The smallest absolute Gasteiger partial charge is 0.288 e. The number of likely N-dealkylation sites (N-methyl/N-ethyl adjacent to an activating group) is 1. The second-order valence-electron chi connectivity index (χ2n) is 10.3. The van der Waals surface area contributed by atoms with Crippen molar-refractivity contribution < 1.29 is 37.4 Å². The summed E-state index contributed by atoms with van der Waals surface area (Å²) in [6.45, 7) is -0.263. The first-order valence-electron chi connectivity index (χ1n) is 13.6. The number of ether oxygens (including phenoxy) is 3. The second-order valence-corrected chi connectivity index (χ2v) is 11.9. The van der Waals surface area contributed by atoms with Crippen LogP contribution in [0, 0.1) is 5.82 Å². The maximum absolute atomic E-state index is 15.6. The van der Waals surface area contributed by atoms with Crippen molar-refractivity contribution >= 4 is 60.5 Å². The third kappa shape index (κ3) is 7.45. The van der Waals surface area contributed by atoms with Crippen molar-refractivity contribution in [1.82, 2.24) is 14.8 Å². The normalized spacial score (nSPS) is 17.5. The summed E-state index contributed by atoms with van der Waals surface area (Å²) in [7, 11) is 8.31. The van der Waals surface area contributed by atoms with Crippen LogP contribution in [-0.2, 0) is 14.3 Å². The van der Waals surface area contributed by atoms with Gasteiger partial charge in [-0.05, 0) is 47.8 Å². The Hall–Kier alpha value is -3.62. The Morgan fingerprint density at radius 3 is 2.40 bits per heavy atom. The van der Waals surface area contributed by atoms with Gasteiger partial charge in [-0.15, -0.1) is 9.24 Å². The Morgan fingerprint density at radius 2 is 1.82 bits per heavy atom. The van der Waals surface area contributed by atoms with Gasteiger partial charge in [-0.25, -0.2) is 4.39 Å². The highest BCUT2D eigenvalue weighted by atomic mass is 127. The highest BCUT2D eigenvalue weighted by Gasteiger charge is 2.45. The van der Waals surface area contributed by atoms with Gasteiger partial charge in [-0.1, -0.05) is 0 Å². The molecule has 2 heterocycles. The fraction of sp³-hybridized carbons (Fsp3) is 0.333. The molecule has 1 saturated heterocycles. The number of anilines is 1. The van der Waals surface area contributed by atoms with Crippen molar-refractivity contribution in [3.05, 3.63) is 82.0 Å². The first-order valence-corrected chi connectivity index (χ1v) is 15.4. The van der Waals surface area contributed by atoms with Crippen molar-refractivity contribution in [1.29, 1.82) is 0 Å². The second kappa shape index (κ2) is 14.6. The van der Waals surface area contributed by atoms with Gasteiger partial charge in [0.05, 0.1) is 13.7 Å². The number of nitrogens with one attached hydrogen (secondary N) is 1. The number of amides is 3. The number of hydrogen-bond donors (Lipinski definition) is 1. The van der Waals surface area contributed by atoms with E-state index in [-0.39, 0.29) is 41.5 Å². The summed E-state index contributed by atoms with van der Waals surface area (Å²) >= 11 is 1.45. The molecule has 1 aliphatic heterocycles. The Morgan fingerprint density at radius 1 is 1.13 bits per heavy atom. The van der Waals surface area contributed by atoms with Crippen LogP contribution in [0.5, 0.6) is 11.5 Å². The largest absolute Gasteiger partial charge is 0.497 e. The monoisotopic (exact) mass is 756 g/mol. The summed E-state index contributed by atoms with van der Waals surface area (Å²) in [6, 6.07) is 9.03. The van der Waals surface area contributed by atoms with E-state index in [4.69, 9.17) is 14.2 Å². The number of halogens is 3. The predicted octanol–water partition coefficient (Wildman–Crippen LogP) is 2.77. The third-order valence-electron chi connectivity index (χ3n) is 7.31. The molecule has 1 aromatic heterocycles. The van der Waals surface area contributed by atoms with E-state index in [0.29, 0.717) is 5.30 Å². The Kier molecular flexibility index (Phi) is 11.2. The van der Waals surface area contributed by atoms with E-state index in [0.717, 1.165) is 0 Å². The number of aromatic nitrogens is 1. The van der Waals surface area contributed by atoms with Crippen molar-refractivity contribution in [2.45, 2.75) is 22.4 Å². The fourth-order valence-electron chi connectivity index (χ4n) is 5.18. The summed E-state index contributed by atoms with van der Waals surface area (Å²) in [5, 5.41) is 3.10. The average molecular weight is 756 g/mol. The molecule has 1 fully saturated rings. The molecule has 240 valence electrons. The van der Waals surface area contributed by atoms with E-state index >= 15 is 4.39 Å². The molecule has 11 nitrogen and oxygen atoms in total. The summed E-state index contributed by atoms with van der Waals surface area (Å²) in [6.07, 6.45) is 1.43. The van der Waals surface area contributed by atoms with Crippen LogP contribution < -0.4 is 30.6 Å². The minimum Gasteiger partial charge on any atom is -0.497 e. The van der Waals surface area contributed by atoms with Gasteiger partial charge in [0, 0.05) is 79.6 Å². The van der Waals surface area contributed by atoms with Crippen LogP contribution in [0.15, 0.2) is 59.5 Å². The number of carbonyl (C=O) groups excluding carboxylic acids is 3. The van der Waals surface area contributed by atoms with E-state index in [1.807, 2.05) is 0 Å². The molecule has 0 bridgehead atoms. The predicted molar refractivity (Wildman–Crippen MR) is 175 cm³/mol. The summed E-state index contributed by atoms with van der Waals surface area (Å²) in [4.78, 5) is 56.6. The highest BCUT2D eigenvalue weighted by Crippen LogP contribution is 2.34.